The zero-order valence-electron chi connectivity index (χ0n) is 18.7. The van der Waals surface area contributed by atoms with Crippen LogP contribution < -0.4 is 10.6 Å². The molecule has 6 heteroatoms. The summed E-state index contributed by atoms with van der Waals surface area (Å²) >= 11 is 0. The van der Waals surface area contributed by atoms with E-state index < -0.39 is 10.8 Å². The molecule has 1 aromatic rings. The lowest BCUT2D eigenvalue weighted by Crippen LogP contribution is -2.51. The van der Waals surface area contributed by atoms with Gasteiger partial charge in [0.15, 0.2) is 5.96 Å². The van der Waals surface area contributed by atoms with Gasteiger partial charge in [0.2, 0.25) is 0 Å². The van der Waals surface area contributed by atoms with E-state index in [-0.39, 0.29) is 0 Å². The second-order valence-corrected chi connectivity index (χ2v) is 9.82. The fourth-order valence-corrected chi connectivity index (χ4v) is 5.66. The number of nitrogens with zero attached hydrogens (tertiary/aromatic N) is 2. The molecule has 0 spiro atoms. The predicted octanol–water partition coefficient (Wildman–Crippen LogP) is 3.18. The summed E-state index contributed by atoms with van der Waals surface area (Å²) in [7, 11) is 1.14. The van der Waals surface area contributed by atoms with Gasteiger partial charge in [-0.1, -0.05) is 57.5 Å². The second kappa shape index (κ2) is 13.0. The molecule has 5 nitrogen and oxygen atoms in total. The summed E-state index contributed by atoms with van der Waals surface area (Å²) in [5, 5.41) is 7.49. The summed E-state index contributed by atoms with van der Waals surface area (Å²) < 4.78 is 12.2. The summed E-state index contributed by atoms with van der Waals surface area (Å²) in [6.07, 6.45) is 5.35. The van der Waals surface area contributed by atoms with Crippen LogP contribution in [0.5, 0.6) is 0 Å². The highest BCUT2D eigenvalue weighted by molar-refractivity contribution is 7.85. The van der Waals surface area contributed by atoms with Crippen LogP contribution in [0.25, 0.3) is 0 Å². The number of rotatable bonds is 10. The van der Waals surface area contributed by atoms with E-state index in [1.165, 1.54) is 5.56 Å². The average molecular weight is 421 g/mol. The summed E-state index contributed by atoms with van der Waals surface area (Å²) in [5.41, 5.74) is 1.37. The number of hydrogen-bond acceptors (Lipinski definition) is 3. The van der Waals surface area contributed by atoms with Gasteiger partial charge in [-0.3, -0.25) is 14.1 Å². The van der Waals surface area contributed by atoms with Crippen molar-refractivity contribution >= 4 is 16.8 Å². The van der Waals surface area contributed by atoms with Crippen molar-refractivity contribution in [2.45, 2.75) is 70.2 Å². The van der Waals surface area contributed by atoms with Crippen LogP contribution in [0, 0.1) is 0 Å². The summed E-state index contributed by atoms with van der Waals surface area (Å²) in [6, 6.07) is 11.5. The van der Waals surface area contributed by atoms with E-state index in [4.69, 9.17) is 0 Å². The van der Waals surface area contributed by atoms with Crippen molar-refractivity contribution in [3.63, 3.8) is 0 Å². The van der Waals surface area contributed by atoms with Gasteiger partial charge in [-0.15, -0.1) is 0 Å². The Balaban J connectivity index is 1.94. The van der Waals surface area contributed by atoms with Crippen LogP contribution in [0.2, 0.25) is 0 Å². The van der Waals surface area contributed by atoms with Crippen LogP contribution in [0.4, 0.5) is 0 Å². The van der Waals surface area contributed by atoms with E-state index in [0.717, 1.165) is 63.5 Å². The van der Waals surface area contributed by atoms with Crippen molar-refractivity contribution in [1.82, 2.24) is 15.5 Å². The van der Waals surface area contributed by atoms with Crippen molar-refractivity contribution in [3.8, 4) is 0 Å². The number of guanidine groups is 1. The van der Waals surface area contributed by atoms with Crippen LogP contribution in [-0.2, 0) is 17.2 Å². The standard InChI is InChI=1S/C23H40N4OS/c1-5-27(6-2)21(16-19-12-9-8-10-13-19)18-25-23(24-4)26-20-14-11-15-22(17-20)29(28)7-3/h8-10,12-13,20-22H,5-7,11,14-18H2,1-4H3,(H2,24,25,26). The highest BCUT2D eigenvalue weighted by Crippen LogP contribution is 2.23. The van der Waals surface area contributed by atoms with E-state index >= 15 is 0 Å². The number of nitrogens with one attached hydrogen (secondary N) is 2. The van der Waals surface area contributed by atoms with E-state index in [2.05, 4.69) is 64.7 Å². The Kier molecular flexibility index (Phi) is 10.7. The molecule has 0 radical (unpaired) electrons. The molecule has 1 aliphatic carbocycles. The number of likely N-dealkylation sites (N-methyl/N-ethyl adjacent to an activating group) is 1. The van der Waals surface area contributed by atoms with Crippen molar-refractivity contribution in [3.05, 3.63) is 35.9 Å². The fraction of sp³-hybridized carbons (Fsp3) is 0.696. The minimum absolute atomic E-state index is 0.325. The van der Waals surface area contributed by atoms with Gasteiger partial charge in [0.25, 0.3) is 0 Å². The lowest BCUT2D eigenvalue weighted by atomic mass is 9.95. The van der Waals surface area contributed by atoms with Gasteiger partial charge in [-0.25, -0.2) is 0 Å². The summed E-state index contributed by atoms with van der Waals surface area (Å²) in [5.74, 6) is 1.62. The second-order valence-electron chi connectivity index (χ2n) is 7.82. The van der Waals surface area contributed by atoms with Crippen molar-refractivity contribution in [1.29, 1.82) is 0 Å². The maximum atomic E-state index is 12.2. The van der Waals surface area contributed by atoms with Gasteiger partial charge in [-0.2, -0.15) is 0 Å². The van der Waals surface area contributed by atoms with Gasteiger partial charge >= 0.3 is 0 Å². The van der Waals surface area contributed by atoms with Crippen molar-refractivity contribution in [2.24, 2.45) is 4.99 Å². The largest absolute Gasteiger partial charge is 0.355 e. The smallest absolute Gasteiger partial charge is 0.191 e. The van der Waals surface area contributed by atoms with Crippen LogP contribution in [0.3, 0.4) is 0 Å². The maximum absolute atomic E-state index is 12.2. The van der Waals surface area contributed by atoms with Crippen molar-refractivity contribution in [2.75, 3.05) is 32.4 Å². The zero-order chi connectivity index (χ0) is 21.1. The zero-order valence-corrected chi connectivity index (χ0v) is 19.5. The van der Waals surface area contributed by atoms with Gasteiger partial charge in [0.1, 0.15) is 0 Å². The van der Waals surface area contributed by atoms with Crippen LogP contribution in [0.15, 0.2) is 35.3 Å². The Hall–Kier alpha value is -1.40. The molecule has 1 aromatic carbocycles. The van der Waals surface area contributed by atoms with E-state index in [0.29, 0.717) is 17.3 Å². The topological polar surface area (TPSA) is 56.7 Å². The molecule has 0 aromatic heterocycles. The monoisotopic (exact) mass is 420 g/mol. The SMILES string of the molecule is CCN(CC)C(CNC(=NC)NC1CCCC(S(=O)CC)C1)Cc1ccccc1. The highest BCUT2D eigenvalue weighted by atomic mass is 32.2. The molecule has 1 fully saturated rings. The van der Waals surface area contributed by atoms with Crippen LogP contribution in [0.1, 0.15) is 52.0 Å². The first-order valence-electron chi connectivity index (χ1n) is 11.2. The van der Waals surface area contributed by atoms with Crippen molar-refractivity contribution < 1.29 is 4.21 Å². The third kappa shape index (κ3) is 7.74. The Morgan fingerprint density at radius 1 is 1.21 bits per heavy atom. The highest BCUT2D eigenvalue weighted by Gasteiger charge is 2.26. The van der Waals surface area contributed by atoms with E-state index in [1.54, 1.807) is 0 Å². The molecule has 2 N–H and O–H groups in total. The Morgan fingerprint density at radius 2 is 1.93 bits per heavy atom. The number of hydrogen-bond donors (Lipinski definition) is 2. The Morgan fingerprint density at radius 3 is 2.55 bits per heavy atom. The molecule has 0 amide bonds. The quantitative estimate of drug-likeness (QED) is 0.451. The number of aliphatic imine (C=N–C) groups is 1. The fourth-order valence-electron chi connectivity index (χ4n) is 4.31. The minimum atomic E-state index is -0.700. The predicted molar refractivity (Wildman–Crippen MR) is 126 cm³/mol. The molecule has 4 atom stereocenters. The molecule has 1 saturated carbocycles. The first kappa shape index (κ1) is 23.9. The Labute approximate surface area is 180 Å². The lowest BCUT2D eigenvalue weighted by molar-refractivity contribution is 0.215. The first-order valence-corrected chi connectivity index (χ1v) is 12.6. The van der Waals surface area contributed by atoms with Crippen LogP contribution >= 0.6 is 0 Å². The molecule has 0 bridgehead atoms. The molecule has 1 aliphatic rings. The van der Waals surface area contributed by atoms with Gasteiger partial charge in [0.05, 0.1) is 0 Å². The Bertz CT molecular complexity index is 633. The first-order chi connectivity index (χ1) is 14.1. The molecule has 0 aliphatic heterocycles. The maximum Gasteiger partial charge on any atom is 0.191 e. The molecule has 29 heavy (non-hydrogen) atoms. The van der Waals surface area contributed by atoms with Gasteiger partial charge in [-0.05, 0) is 44.3 Å². The third-order valence-electron chi connectivity index (χ3n) is 5.99. The number of benzene rings is 1. The molecule has 0 heterocycles. The summed E-state index contributed by atoms with van der Waals surface area (Å²) in [6.45, 7) is 9.40. The molecule has 2 rings (SSSR count). The third-order valence-corrected chi connectivity index (χ3v) is 7.74. The van der Waals surface area contributed by atoms with Gasteiger partial charge in [0, 0.05) is 47.5 Å². The van der Waals surface area contributed by atoms with Crippen LogP contribution in [-0.4, -0.2) is 64.8 Å². The lowest BCUT2D eigenvalue weighted by Gasteiger charge is -2.32. The molecular formula is C23H40N4OS. The molecule has 4 unspecified atom stereocenters. The molecule has 0 saturated heterocycles. The van der Waals surface area contributed by atoms with Gasteiger partial charge < -0.3 is 10.6 Å². The van der Waals surface area contributed by atoms with E-state index in [1.807, 2.05) is 14.0 Å². The normalized spacial score (nSPS) is 22.3. The summed E-state index contributed by atoms with van der Waals surface area (Å²) in [4.78, 5) is 6.97. The molecule has 164 valence electrons. The molecular weight excluding hydrogens is 380 g/mol. The van der Waals surface area contributed by atoms with E-state index in [9.17, 15) is 4.21 Å². The average Bonchev–Trinajstić information content (AvgIpc) is 2.77. The minimum Gasteiger partial charge on any atom is -0.355 e.